The molecule has 0 aliphatic rings. The maximum atomic E-state index is 12.3. The standard InChI is InChI=1S/C8H5F3N4/c9-8(10,11)6-2-1-3-7(4-6)15-5-12-13-14-15/h1-5H. The molecule has 0 spiro atoms. The molecule has 4 nitrogen and oxygen atoms in total. The van der Waals surface area contributed by atoms with Crippen LogP contribution in [0.15, 0.2) is 30.6 Å². The van der Waals surface area contributed by atoms with Gasteiger partial charge >= 0.3 is 6.18 Å². The van der Waals surface area contributed by atoms with Crippen LogP contribution in [0.2, 0.25) is 0 Å². The van der Waals surface area contributed by atoms with Gasteiger partial charge in [0.1, 0.15) is 6.33 Å². The molecule has 0 fully saturated rings. The van der Waals surface area contributed by atoms with E-state index < -0.39 is 11.7 Å². The number of rotatable bonds is 1. The molecule has 0 aliphatic carbocycles. The summed E-state index contributed by atoms with van der Waals surface area (Å²) in [5, 5.41) is 10.2. The Morgan fingerprint density at radius 1 is 1.20 bits per heavy atom. The number of hydrogen-bond donors (Lipinski definition) is 0. The first-order valence-corrected chi connectivity index (χ1v) is 3.98. The van der Waals surface area contributed by atoms with Crippen LogP contribution >= 0.6 is 0 Å². The van der Waals surface area contributed by atoms with Crippen LogP contribution in [0, 0.1) is 0 Å². The normalized spacial score (nSPS) is 11.7. The molecule has 2 rings (SSSR count). The quantitative estimate of drug-likeness (QED) is 0.725. The zero-order valence-electron chi connectivity index (χ0n) is 7.31. The highest BCUT2D eigenvalue weighted by atomic mass is 19.4. The highest BCUT2D eigenvalue weighted by molar-refractivity contribution is 5.35. The molecule has 0 unspecified atom stereocenters. The van der Waals surface area contributed by atoms with Gasteiger partial charge in [0.15, 0.2) is 0 Å². The minimum absolute atomic E-state index is 0.273. The van der Waals surface area contributed by atoms with Crippen LogP contribution in [0.5, 0.6) is 0 Å². The summed E-state index contributed by atoms with van der Waals surface area (Å²) in [7, 11) is 0. The molecule has 1 aromatic heterocycles. The van der Waals surface area contributed by atoms with Gasteiger partial charge in [-0.3, -0.25) is 0 Å². The molecule has 0 atom stereocenters. The molecular weight excluding hydrogens is 209 g/mol. The topological polar surface area (TPSA) is 43.6 Å². The first-order valence-electron chi connectivity index (χ1n) is 3.98. The van der Waals surface area contributed by atoms with Gasteiger partial charge in [0.2, 0.25) is 0 Å². The third-order valence-electron chi connectivity index (χ3n) is 1.79. The van der Waals surface area contributed by atoms with Crippen LogP contribution in [-0.2, 0) is 6.18 Å². The monoisotopic (exact) mass is 214 g/mol. The van der Waals surface area contributed by atoms with E-state index in [1.165, 1.54) is 18.5 Å². The van der Waals surface area contributed by atoms with Crippen molar-refractivity contribution in [1.29, 1.82) is 0 Å². The van der Waals surface area contributed by atoms with E-state index in [1.807, 2.05) is 0 Å². The minimum atomic E-state index is -4.36. The van der Waals surface area contributed by atoms with Crippen LogP contribution in [0.3, 0.4) is 0 Å². The van der Waals surface area contributed by atoms with Crippen LogP contribution in [-0.4, -0.2) is 20.2 Å². The predicted molar refractivity (Wildman–Crippen MR) is 44.2 cm³/mol. The van der Waals surface area contributed by atoms with E-state index in [9.17, 15) is 13.2 Å². The molecule has 78 valence electrons. The molecule has 7 heteroatoms. The zero-order valence-corrected chi connectivity index (χ0v) is 7.31. The van der Waals surface area contributed by atoms with Gasteiger partial charge in [-0.2, -0.15) is 13.2 Å². The molecular formula is C8H5F3N4. The van der Waals surface area contributed by atoms with Crippen LogP contribution in [0.1, 0.15) is 5.56 Å². The number of nitrogens with zero attached hydrogens (tertiary/aromatic N) is 4. The Bertz CT molecular complexity index is 449. The smallest absolute Gasteiger partial charge is 0.201 e. The van der Waals surface area contributed by atoms with Gasteiger partial charge in [-0.25, -0.2) is 4.68 Å². The highest BCUT2D eigenvalue weighted by Gasteiger charge is 2.30. The van der Waals surface area contributed by atoms with E-state index >= 15 is 0 Å². The number of aromatic nitrogens is 4. The average Bonchev–Trinajstić information content (AvgIpc) is 2.69. The van der Waals surface area contributed by atoms with Gasteiger partial charge < -0.3 is 0 Å². The molecule has 0 amide bonds. The second-order valence-corrected chi connectivity index (χ2v) is 2.80. The summed E-state index contributed by atoms with van der Waals surface area (Å²) in [4.78, 5) is 0. The Labute approximate surface area is 82.3 Å². The summed E-state index contributed by atoms with van der Waals surface area (Å²) in [5.74, 6) is 0. The van der Waals surface area contributed by atoms with Crippen LogP contribution in [0.4, 0.5) is 13.2 Å². The Hall–Kier alpha value is -1.92. The summed E-state index contributed by atoms with van der Waals surface area (Å²) < 4.78 is 38.2. The van der Waals surface area contributed by atoms with Crippen molar-refractivity contribution in [2.75, 3.05) is 0 Å². The van der Waals surface area contributed by atoms with Crippen LogP contribution in [0.25, 0.3) is 5.69 Å². The average molecular weight is 214 g/mol. The summed E-state index contributed by atoms with van der Waals surface area (Å²) in [6.07, 6.45) is -3.13. The van der Waals surface area contributed by atoms with E-state index in [4.69, 9.17) is 0 Å². The number of benzene rings is 1. The van der Waals surface area contributed by atoms with Crippen molar-refractivity contribution in [2.24, 2.45) is 0 Å². The lowest BCUT2D eigenvalue weighted by atomic mass is 10.2. The lowest BCUT2D eigenvalue weighted by molar-refractivity contribution is -0.137. The molecule has 0 aliphatic heterocycles. The molecule has 0 N–H and O–H groups in total. The summed E-state index contributed by atoms with van der Waals surface area (Å²) in [6.45, 7) is 0. The van der Waals surface area contributed by atoms with Gasteiger partial charge in [-0.05, 0) is 28.6 Å². The summed E-state index contributed by atoms with van der Waals surface area (Å²) in [6, 6.07) is 4.77. The summed E-state index contributed by atoms with van der Waals surface area (Å²) in [5.41, 5.74) is -0.453. The molecule has 2 aromatic rings. The Morgan fingerprint density at radius 3 is 2.60 bits per heavy atom. The van der Waals surface area contributed by atoms with Gasteiger partial charge in [-0.15, -0.1) is 5.10 Å². The Morgan fingerprint density at radius 2 is 2.00 bits per heavy atom. The first-order chi connectivity index (χ1) is 7.07. The van der Waals surface area contributed by atoms with Crippen molar-refractivity contribution in [3.63, 3.8) is 0 Å². The van der Waals surface area contributed by atoms with Gasteiger partial charge in [0, 0.05) is 0 Å². The fourth-order valence-corrected chi connectivity index (χ4v) is 1.10. The first kappa shape index (κ1) is 9.63. The van der Waals surface area contributed by atoms with Crippen LogP contribution < -0.4 is 0 Å². The maximum Gasteiger partial charge on any atom is 0.416 e. The minimum Gasteiger partial charge on any atom is -0.201 e. The lowest BCUT2D eigenvalue weighted by Gasteiger charge is -2.07. The molecule has 1 aromatic carbocycles. The molecule has 0 saturated carbocycles. The van der Waals surface area contributed by atoms with E-state index in [-0.39, 0.29) is 5.69 Å². The summed E-state index contributed by atoms with van der Waals surface area (Å²) >= 11 is 0. The molecule has 0 bridgehead atoms. The van der Waals surface area contributed by atoms with Crippen molar-refractivity contribution >= 4 is 0 Å². The Balaban J connectivity index is 2.44. The molecule has 0 radical (unpaired) electrons. The lowest BCUT2D eigenvalue weighted by Crippen LogP contribution is -2.06. The van der Waals surface area contributed by atoms with Gasteiger partial charge in [0.25, 0.3) is 0 Å². The van der Waals surface area contributed by atoms with Crippen molar-refractivity contribution in [3.8, 4) is 5.69 Å². The van der Waals surface area contributed by atoms with E-state index in [0.29, 0.717) is 0 Å². The Kier molecular flexibility index (Phi) is 2.14. The molecule has 15 heavy (non-hydrogen) atoms. The van der Waals surface area contributed by atoms with Gasteiger partial charge in [-0.1, -0.05) is 6.07 Å². The number of hydrogen-bond acceptors (Lipinski definition) is 3. The van der Waals surface area contributed by atoms with Gasteiger partial charge in [0.05, 0.1) is 11.3 Å². The number of tetrazole rings is 1. The van der Waals surface area contributed by atoms with Crippen molar-refractivity contribution in [3.05, 3.63) is 36.2 Å². The predicted octanol–water partition coefficient (Wildman–Crippen LogP) is 1.68. The van der Waals surface area contributed by atoms with Crippen molar-refractivity contribution < 1.29 is 13.2 Å². The largest absolute Gasteiger partial charge is 0.416 e. The number of halogens is 3. The fraction of sp³-hybridized carbons (Fsp3) is 0.125. The third kappa shape index (κ3) is 1.95. The number of alkyl halides is 3. The van der Waals surface area contributed by atoms with Crippen molar-refractivity contribution in [1.82, 2.24) is 20.2 Å². The van der Waals surface area contributed by atoms with Crippen molar-refractivity contribution in [2.45, 2.75) is 6.18 Å². The highest BCUT2D eigenvalue weighted by Crippen LogP contribution is 2.29. The van der Waals surface area contributed by atoms with E-state index in [0.717, 1.165) is 16.8 Å². The van der Waals surface area contributed by atoms with E-state index in [2.05, 4.69) is 15.5 Å². The van der Waals surface area contributed by atoms with E-state index in [1.54, 1.807) is 0 Å². The maximum absolute atomic E-state index is 12.3. The fourth-order valence-electron chi connectivity index (χ4n) is 1.10. The molecule has 1 heterocycles. The third-order valence-corrected chi connectivity index (χ3v) is 1.79. The SMILES string of the molecule is FC(F)(F)c1cccc(-n2cnnn2)c1. The second-order valence-electron chi connectivity index (χ2n) is 2.80. The zero-order chi connectivity index (χ0) is 10.9. The second kappa shape index (κ2) is 3.34. The molecule has 0 saturated heterocycles.